The van der Waals surface area contributed by atoms with Gasteiger partial charge in [0.25, 0.3) is 0 Å². The molecule has 25 heavy (non-hydrogen) atoms. The molecule has 1 heterocycles. The Hall–Kier alpha value is -1.48. The molecular weight excluding hydrogens is 408 g/mol. The lowest BCUT2D eigenvalue weighted by Gasteiger charge is -2.31. The molecule has 1 unspecified atom stereocenters. The van der Waals surface area contributed by atoms with E-state index in [2.05, 4.69) is 21.2 Å². The van der Waals surface area contributed by atoms with Crippen molar-refractivity contribution >= 4 is 42.7 Å². The van der Waals surface area contributed by atoms with Gasteiger partial charge in [-0.15, -0.1) is 0 Å². The Balaban J connectivity index is 1.88. The van der Waals surface area contributed by atoms with E-state index >= 15 is 0 Å². The number of rotatable bonds is 4. The fourth-order valence-corrected chi connectivity index (χ4v) is 4.72. The summed E-state index contributed by atoms with van der Waals surface area (Å²) in [6.07, 6.45) is 0. The summed E-state index contributed by atoms with van der Waals surface area (Å²) in [5.74, 6) is -0.425. The third-order valence-electron chi connectivity index (χ3n) is 4.12. The average Bonchev–Trinajstić information content (AvgIpc) is 2.61. The molecule has 1 atom stereocenters. The summed E-state index contributed by atoms with van der Waals surface area (Å²) in [6, 6.07) is 10.1. The van der Waals surface area contributed by atoms with Gasteiger partial charge in [0.1, 0.15) is 6.04 Å². The van der Waals surface area contributed by atoms with Crippen LogP contribution in [0.1, 0.15) is 6.92 Å². The molecule has 2 aromatic carbocycles. The van der Waals surface area contributed by atoms with Crippen LogP contribution in [0.25, 0.3) is 10.8 Å². The summed E-state index contributed by atoms with van der Waals surface area (Å²) < 4.78 is 33.2. The van der Waals surface area contributed by atoms with Crippen molar-refractivity contribution in [2.24, 2.45) is 0 Å². The van der Waals surface area contributed by atoms with Crippen molar-refractivity contribution in [3.63, 3.8) is 0 Å². The SMILES string of the molecule is CCOC(=O)C1CN(S(=O)(=O)c2ccc3cc(Br)ccc3c2)CCN1. The molecule has 6 nitrogen and oxygen atoms in total. The van der Waals surface area contributed by atoms with E-state index < -0.39 is 22.0 Å². The predicted molar refractivity (Wildman–Crippen MR) is 98.8 cm³/mol. The van der Waals surface area contributed by atoms with Gasteiger partial charge in [-0.1, -0.05) is 28.1 Å². The van der Waals surface area contributed by atoms with Gasteiger partial charge in [-0.25, -0.2) is 8.42 Å². The van der Waals surface area contributed by atoms with Crippen LogP contribution in [0.4, 0.5) is 0 Å². The fraction of sp³-hybridized carbons (Fsp3) is 0.353. The molecule has 134 valence electrons. The minimum absolute atomic E-state index is 0.0690. The van der Waals surface area contributed by atoms with Crippen LogP contribution in [0.5, 0.6) is 0 Å². The van der Waals surface area contributed by atoms with Crippen LogP contribution in [0.3, 0.4) is 0 Å². The van der Waals surface area contributed by atoms with E-state index in [0.717, 1.165) is 15.2 Å². The highest BCUT2D eigenvalue weighted by molar-refractivity contribution is 9.10. The normalized spacial score (nSPS) is 19.0. The van der Waals surface area contributed by atoms with E-state index in [0.29, 0.717) is 13.1 Å². The highest BCUT2D eigenvalue weighted by atomic mass is 79.9. The van der Waals surface area contributed by atoms with Gasteiger partial charge in [-0.05, 0) is 42.0 Å². The van der Waals surface area contributed by atoms with Crippen LogP contribution in [-0.4, -0.2) is 51.0 Å². The second-order valence-electron chi connectivity index (χ2n) is 5.78. The lowest BCUT2D eigenvalue weighted by molar-refractivity contribution is -0.146. The number of hydrogen-bond donors (Lipinski definition) is 1. The van der Waals surface area contributed by atoms with Crippen molar-refractivity contribution in [3.8, 4) is 0 Å². The largest absolute Gasteiger partial charge is 0.465 e. The first kappa shape index (κ1) is 18.3. The first-order chi connectivity index (χ1) is 11.9. The summed E-state index contributed by atoms with van der Waals surface area (Å²) in [7, 11) is -3.67. The zero-order valence-corrected chi connectivity index (χ0v) is 16.1. The number of sulfonamides is 1. The van der Waals surface area contributed by atoms with Crippen LogP contribution in [-0.2, 0) is 19.6 Å². The van der Waals surface area contributed by atoms with Crippen LogP contribution < -0.4 is 5.32 Å². The smallest absolute Gasteiger partial charge is 0.324 e. The quantitative estimate of drug-likeness (QED) is 0.757. The second-order valence-corrected chi connectivity index (χ2v) is 8.63. The molecule has 0 aliphatic carbocycles. The molecule has 0 aromatic heterocycles. The first-order valence-corrected chi connectivity index (χ1v) is 10.2. The molecule has 1 fully saturated rings. The molecular formula is C17H19BrN2O4S. The maximum Gasteiger partial charge on any atom is 0.324 e. The third kappa shape index (κ3) is 3.87. The molecule has 1 N–H and O–H groups in total. The van der Waals surface area contributed by atoms with E-state index in [-0.39, 0.29) is 18.0 Å². The lowest BCUT2D eigenvalue weighted by Crippen LogP contribution is -2.56. The summed E-state index contributed by atoms with van der Waals surface area (Å²) in [5.41, 5.74) is 0. The van der Waals surface area contributed by atoms with Gasteiger partial charge in [0.15, 0.2) is 0 Å². The molecule has 0 spiro atoms. The summed E-state index contributed by atoms with van der Waals surface area (Å²) >= 11 is 3.41. The van der Waals surface area contributed by atoms with Crippen molar-refractivity contribution in [2.45, 2.75) is 17.9 Å². The number of piperazine rings is 1. The number of carbonyl (C=O) groups is 1. The first-order valence-electron chi connectivity index (χ1n) is 8.01. The summed E-state index contributed by atoms with van der Waals surface area (Å²) in [4.78, 5) is 12.1. The van der Waals surface area contributed by atoms with Gasteiger partial charge in [-0.3, -0.25) is 4.79 Å². The van der Waals surface area contributed by atoms with E-state index in [9.17, 15) is 13.2 Å². The topological polar surface area (TPSA) is 75.7 Å². The van der Waals surface area contributed by atoms with Gasteiger partial charge in [-0.2, -0.15) is 4.31 Å². The molecule has 8 heteroatoms. The molecule has 0 radical (unpaired) electrons. The third-order valence-corrected chi connectivity index (χ3v) is 6.48. The van der Waals surface area contributed by atoms with E-state index in [1.807, 2.05) is 18.2 Å². The standard InChI is InChI=1S/C17H19BrN2O4S/c1-2-24-17(21)16-11-20(8-7-19-16)25(22,23)15-6-4-12-9-14(18)5-3-13(12)10-15/h3-6,9-10,16,19H,2,7-8,11H2,1H3. The van der Waals surface area contributed by atoms with Gasteiger partial charge in [0.05, 0.1) is 11.5 Å². The Morgan fingerprint density at radius 3 is 2.76 bits per heavy atom. The maximum atomic E-state index is 13.0. The Bertz CT molecular complexity index is 901. The number of fused-ring (bicyclic) bond motifs is 1. The summed E-state index contributed by atoms with van der Waals surface area (Å²) in [6.45, 7) is 2.78. The molecule has 1 aliphatic heterocycles. The Morgan fingerprint density at radius 2 is 2.00 bits per heavy atom. The van der Waals surface area contributed by atoms with Crippen molar-refractivity contribution in [1.82, 2.24) is 9.62 Å². The van der Waals surface area contributed by atoms with Gasteiger partial charge >= 0.3 is 5.97 Å². The van der Waals surface area contributed by atoms with E-state index in [1.54, 1.807) is 25.1 Å². The van der Waals surface area contributed by atoms with Crippen LogP contribution >= 0.6 is 15.9 Å². The Labute approximate surface area is 155 Å². The van der Waals surface area contributed by atoms with Crippen molar-refractivity contribution < 1.29 is 17.9 Å². The number of ether oxygens (including phenoxy) is 1. The number of benzene rings is 2. The molecule has 0 saturated carbocycles. The van der Waals surface area contributed by atoms with Gasteiger partial charge < -0.3 is 10.1 Å². The highest BCUT2D eigenvalue weighted by Gasteiger charge is 2.33. The van der Waals surface area contributed by atoms with Crippen LogP contribution in [0.2, 0.25) is 0 Å². The Kier molecular flexibility index (Phi) is 5.43. The molecule has 3 rings (SSSR count). The summed E-state index contributed by atoms with van der Waals surface area (Å²) in [5, 5.41) is 4.81. The predicted octanol–water partition coefficient (Wildman–Crippen LogP) is 2.13. The maximum absolute atomic E-state index is 13.0. The van der Waals surface area contributed by atoms with Gasteiger partial charge in [0.2, 0.25) is 10.0 Å². The number of halogens is 1. The monoisotopic (exact) mass is 426 g/mol. The average molecular weight is 427 g/mol. The Morgan fingerprint density at radius 1 is 1.28 bits per heavy atom. The van der Waals surface area contributed by atoms with Crippen LogP contribution in [0.15, 0.2) is 45.8 Å². The highest BCUT2D eigenvalue weighted by Crippen LogP contribution is 2.25. The fourth-order valence-electron chi connectivity index (χ4n) is 2.85. The van der Waals surface area contributed by atoms with Crippen molar-refractivity contribution in [3.05, 3.63) is 40.9 Å². The zero-order valence-electron chi connectivity index (χ0n) is 13.7. The number of nitrogens with zero attached hydrogens (tertiary/aromatic N) is 1. The lowest BCUT2D eigenvalue weighted by atomic mass is 10.1. The number of carbonyl (C=O) groups excluding carboxylic acids is 1. The number of hydrogen-bond acceptors (Lipinski definition) is 5. The van der Waals surface area contributed by atoms with E-state index in [4.69, 9.17) is 4.74 Å². The zero-order chi connectivity index (χ0) is 18.0. The molecule has 2 aromatic rings. The molecule has 0 amide bonds. The molecule has 1 aliphatic rings. The van der Waals surface area contributed by atoms with Crippen molar-refractivity contribution in [2.75, 3.05) is 26.2 Å². The minimum atomic E-state index is -3.67. The minimum Gasteiger partial charge on any atom is -0.465 e. The van der Waals surface area contributed by atoms with Crippen molar-refractivity contribution in [1.29, 1.82) is 0 Å². The molecule has 1 saturated heterocycles. The van der Waals surface area contributed by atoms with Crippen LogP contribution in [0, 0.1) is 0 Å². The van der Waals surface area contributed by atoms with Gasteiger partial charge in [0, 0.05) is 24.1 Å². The molecule has 0 bridgehead atoms. The number of esters is 1. The number of nitrogens with one attached hydrogen (secondary N) is 1. The second kappa shape index (κ2) is 7.41. The van der Waals surface area contributed by atoms with E-state index in [1.165, 1.54) is 4.31 Å².